The quantitative estimate of drug-likeness (QED) is 0.644. The topological polar surface area (TPSA) is 59.1 Å². The summed E-state index contributed by atoms with van der Waals surface area (Å²) in [6.07, 6.45) is 1.27. The van der Waals surface area contributed by atoms with Crippen LogP contribution >= 0.6 is 15.9 Å². The number of hydrogen-bond acceptors (Lipinski definition) is 2. The third-order valence-electron chi connectivity index (χ3n) is 2.28. The van der Waals surface area contributed by atoms with Crippen LogP contribution in [0.25, 0.3) is 0 Å². The van der Waals surface area contributed by atoms with Gasteiger partial charge in [0.2, 0.25) is 0 Å². The van der Waals surface area contributed by atoms with E-state index in [0.29, 0.717) is 6.42 Å². The number of benzene rings is 1. The highest BCUT2D eigenvalue weighted by Gasteiger charge is 2.11. The second kappa shape index (κ2) is 5.89. The first-order valence-electron chi connectivity index (χ1n) is 5.28. The van der Waals surface area contributed by atoms with E-state index in [-0.39, 0.29) is 11.9 Å². The van der Waals surface area contributed by atoms with Gasteiger partial charge in [-0.05, 0) is 47.0 Å². The minimum absolute atomic E-state index is 0.0310. The van der Waals surface area contributed by atoms with E-state index in [1.54, 1.807) is 0 Å². The van der Waals surface area contributed by atoms with Crippen LogP contribution in [0.3, 0.4) is 0 Å². The Kier molecular flexibility index (Phi) is 4.80. The van der Waals surface area contributed by atoms with E-state index in [0.717, 1.165) is 16.6 Å². The Labute approximate surface area is 105 Å². The van der Waals surface area contributed by atoms with Gasteiger partial charge in [0.05, 0.1) is 10.3 Å². The predicted molar refractivity (Wildman–Crippen MR) is 70.1 cm³/mol. The Balaban J connectivity index is 2.73. The van der Waals surface area contributed by atoms with Crippen LogP contribution < -0.4 is 10.5 Å². The van der Waals surface area contributed by atoms with Gasteiger partial charge in [-0.2, -0.15) is 0 Å². The molecule has 0 radical (unpaired) electrons. The lowest BCUT2D eigenvalue weighted by atomic mass is 10.2. The molecule has 0 saturated heterocycles. The fourth-order valence-electron chi connectivity index (χ4n) is 1.40. The summed E-state index contributed by atoms with van der Waals surface area (Å²) in [6.45, 7) is 4.05. The number of hydrogen-bond donors (Lipinski definition) is 2. The van der Waals surface area contributed by atoms with E-state index in [1.165, 1.54) is 5.56 Å². The van der Waals surface area contributed by atoms with Crippen LogP contribution in [0.15, 0.2) is 22.7 Å². The van der Waals surface area contributed by atoms with E-state index < -0.39 is 0 Å². The highest BCUT2D eigenvalue weighted by atomic mass is 79.9. The third-order valence-corrected chi connectivity index (χ3v) is 2.90. The lowest BCUT2D eigenvalue weighted by Gasteiger charge is -2.18. The Bertz CT molecular complexity index is 379. The van der Waals surface area contributed by atoms with Crippen LogP contribution in [0.4, 0.5) is 0 Å². The number of nitrogens with two attached hydrogens (primary N) is 1. The van der Waals surface area contributed by atoms with Gasteiger partial charge in [0.1, 0.15) is 11.9 Å². The molecule has 0 fully saturated rings. The lowest BCUT2D eigenvalue weighted by molar-refractivity contribution is 0.203. The van der Waals surface area contributed by atoms with Crippen LogP contribution in [0, 0.1) is 12.3 Å². The summed E-state index contributed by atoms with van der Waals surface area (Å²) in [5, 5.41) is 7.27. The molecule has 0 aromatic heterocycles. The van der Waals surface area contributed by atoms with Crippen LogP contribution in [0.1, 0.15) is 25.3 Å². The fraction of sp³-hybridized carbons (Fsp3) is 0.417. The molecule has 4 heteroatoms. The summed E-state index contributed by atoms with van der Waals surface area (Å²) in [6, 6.07) is 5.94. The first-order chi connectivity index (χ1) is 7.52. The van der Waals surface area contributed by atoms with Gasteiger partial charge in [0.15, 0.2) is 0 Å². The van der Waals surface area contributed by atoms with Crippen molar-refractivity contribution in [2.75, 3.05) is 0 Å². The Hall–Kier alpha value is -1.03. The fourth-order valence-corrected chi connectivity index (χ4v) is 1.98. The lowest BCUT2D eigenvalue weighted by Crippen LogP contribution is -2.24. The minimum Gasteiger partial charge on any atom is -0.489 e. The molecule has 1 aromatic carbocycles. The van der Waals surface area contributed by atoms with Crippen LogP contribution in [0.5, 0.6) is 5.75 Å². The zero-order chi connectivity index (χ0) is 12.1. The molecule has 1 atom stereocenters. The normalized spacial score (nSPS) is 12.2. The standard InChI is InChI=1S/C12H17BrN2O/c1-3-9(7-12(14)15)16-11-5-4-8(2)6-10(11)13/h4-6,9H,3,7H2,1-2H3,(H3,14,15). The number of aryl methyl sites for hydroxylation is 1. The highest BCUT2D eigenvalue weighted by molar-refractivity contribution is 9.10. The number of halogens is 1. The second-order valence-corrected chi connectivity index (χ2v) is 4.67. The maximum absolute atomic E-state index is 7.27. The monoisotopic (exact) mass is 284 g/mol. The average molecular weight is 285 g/mol. The number of ether oxygens (including phenoxy) is 1. The second-order valence-electron chi connectivity index (χ2n) is 3.81. The SMILES string of the molecule is CCC(CC(=N)N)Oc1ccc(C)cc1Br. The van der Waals surface area contributed by atoms with Gasteiger partial charge >= 0.3 is 0 Å². The molecular weight excluding hydrogens is 268 g/mol. The van der Waals surface area contributed by atoms with E-state index in [1.807, 2.05) is 32.0 Å². The molecule has 88 valence electrons. The molecule has 0 aliphatic carbocycles. The summed E-state index contributed by atoms with van der Waals surface area (Å²) in [4.78, 5) is 0. The van der Waals surface area contributed by atoms with Gasteiger partial charge in [-0.1, -0.05) is 13.0 Å². The van der Waals surface area contributed by atoms with Crippen LogP contribution in [-0.4, -0.2) is 11.9 Å². The summed E-state index contributed by atoms with van der Waals surface area (Å²) in [5.41, 5.74) is 6.56. The average Bonchev–Trinajstić information content (AvgIpc) is 2.20. The van der Waals surface area contributed by atoms with Crippen molar-refractivity contribution in [1.82, 2.24) is 0 Å². The highest BCUT2D eigenvalue weighted by Crippen LogP contribution is 2.27. The van der Waals surface area contributed by atoms with Gasteiger partial charge in [0.25, 0.3) is 0 Å². The van der Waals surface area contributed by atoms with E-state index in [4.69, 9.17) is 15.9 Å². The molecule has 0 aliphatic rings. The van der Waals surface area contributed by atoms with Crippen molar-refractivity contribution in [3.8, 4) is 5.75 Å². The molecule has 0 heterocycles. The molecule has 16 heavy (non-hydrogen) atoms. The maximum Gasteiger partial charge on any atom is 0.133 e. The first kappa shape index (κ1) is 13.0. The molecule has 3 nitrogen and oxygen atoms in total. The first-order valence-corrected chi connectivity index (χ1v) is 6.08. The van der Waals surface area contributed by atoms with Crippen LogP contribution in [-0.2, 0) is 0 Å². The molecule has 0 spiro atoms. The smallest absolute Gasteiger partial charge is 0.133 e. The van der Waals surface area contributed by atoms with Crippen molar-refractivity contribution in [3.63, 3.8) is 0 Å². The van der Waals surface area contributed by atoms with E-state index in [2.05, 4.69) is 15.9 Å². The third kappa shape index (κ3) is 3.85. The van der Waals surface area contributed by atoms with Gasteiger partial charge < -0.3 is 10.5 Å². The summed E-state index contributed by atoms with van der Waals surface area (Å²) in [7, 11) is 0. The van der Waals surface area contributed by atoms with Crippen molar-refractivity contribution in [2.45, 2.75) is 32.8 Å². The van der Waals surface area contributed by atoms with E-state index >= 15 is 0 Å². The molecule has 0 amide bonds. The van der Waals surface area contributed by atoms with E-state index in [9.17, 15) is 0 Å². The largest absolute Gasteiger partial charge is 0.489 e. The molecule has 3 N–H and O–H groups in total. The zero-order valence-corrected chi connectivity index (χ0v) is 11.2. The number of amidine groups is 1. The zero-order valence-electron chi connectivity index (χ0n) is 9.59. The number of rotatable bonds is 5. The maximum atomic E-state index is 7.27. The molecule has 1 rings (SSSR count). The predicted octanol–water partition coefficient (Wildman–Crippen LogP) is 3.24. The molecular formula is C12H17BrN2O. The van der Waals surface area contributed by atoms with Crippen molar-refractivity contribution in [1.29, 1.82) is 5.41 Å². The van der Waals surface area contributed by atoms with Crippen molar-refractivity contribution in [2.24, 2.45) is 5.73 Å². The summed E-state index contributed by atoms with van der Waals surface area (Å²) in [5.74, 6) is 0.966. The Morgan fingerprint density at radius 1 is 1.56 bits per heavy atom. The Morgan fingerprint density at radius 2 is 2.25 bits per heavy atom. The summed E-state index contributed by atoms with van der Waals surface area (Å²) < 4.78 is 6.73. The van der Waals surface area contributed by atoms with Crippen LogP contribution in [0.2, 0.25) is 0 Å². The van der Waals surface area contributed by atoms with Crippen molar-refractivity contribution >= 4 is 21.8 Å². The van der Waals surface area contributed by atoms with Gasteiger partial charge in [-0.15, -0.1) is 0 Å². The van der Waals surface area contributed by atoms with Crippen molar-refractivity contribution in [3.05, 3.63) is 28.2 Å². The number of nitrogens with one attached hydrogen (secondary N) is 1. The summed E-state index contributed by atoms with van der Waals surface area (Å²) >= 11 is 3.46. The molecule has 1 unspecified atom stereocenters. The Morgan fingerprint density at radius 3 is 2.75 bits per heavy atom. The van der Waals surface area contributed by atoms with Gasteiger partial charge in [0, 0.05) is 6.42 Å². The molecule has 0 aliphatic heterocycles. The van der Waals surface area contributed by atoms with Gasteiger partial charge in [-0.25, -0.2) is 0 Å². The molecule has 0 bridgehead atoms. The molecule has 0 saturated carbocycles. The van der Waals surface area contributed by atoms with Gasteiger partial charge in [-0.3, -0.25) is 5.41 Å². The molecule has 1 aromatic rings. The minimum atomic E-state index is -0.0310. The van der Waals surface area contributed by atoms with Crippen molar-refractivity contribution < 1.29 is 4.74 Å².